The summed E-state index contributed by atoms with van der Waals surface area (Å²) in [7, 11) is 1.78. The molecular formula is C7H10NO+. The zero-order valence-corrected chi connectivity index (χ0v) is 5.72. The van der Waals surface area contributed by atoms with Gasteiger partial charge in [0, 0.05) is 5.57 Å². The summed E-state index contributed by atoms with van der Waals surface area (Å²) >= 11 is 0. The smallest absolute Gasteiger partial charge is 0.219 e. The van der Waals surface area contributed by atoms with Gasteiger partial charge in [0.2, 0.25) is 0 Å². The van der Waals surface area contributed by atoms with Crippen molar-refractivity contribution in [1.29, 1.82) is 0 Å². The summed E-state index contributed by atoms with van der Waals surface area (Å²) in [4.78, 5) is 10.8. The van der Waals surface area contributed by atoms with Crippen molar-refractivity contribution in [2.75, 3.05) is 7.05 Å². The van der Waals surface area contributed by atoms with E-state index in [1.807, 2.05) is 19.2 Å². The Hall–Kier alpha value is -0.920. The maximum atomic E-state index is 10.8. The molecule has 0 fully saturated rings. The number of hydrogen-bond donors (Lipinski definition) is 0. The third kappa shape index (κ3) is 1.25. The van der Waals surface area contributed by atoms with Crippen LogP contribution in [0.15, 0.2) is 11.6 Å². The fraction of sp³-hybridized carbons (Fsp3) is 0.429. The number of rotatable bonds is 0. The predicted molar refractivity (Wildman–Crippen MR) is 35.6 cm³/mol. The van der Waals surface area contributed by atoms with Gasteiger partial charge in [0.25, 0.3) is 0 Å². The van der Waals surface area contributed by atoms with Crippen molar-refractivity contribution in [2.24, 2.45) is 0 Å². The fourth-order valence-corrected chi connectivity index (χ4v) is 0.822. The van der Waals surface area contributed by atoms with Crippen LogP contribution in [0.2, 0.25) is 0 Å². The van der Waals surface area contributed by atoms with Crippen LogP contribution in [0.3, 0.4) is 0 Å². The maximum absolute atomic E-state index is 10.8. The highest BCUT2D eigenvalue weighted by molar-refractivity contribution is 5.84. The fourth-order valence-electron chi connectivity index (χ4n) is 0.822. The van der Waals surface area contributed by atoms with Crippen LogP contribution in [0.25, 0.3) is 0 Å². The summed E-state index contributed by atoms with van der Waals surface area (Å²) in [5.74, 6) is 0.167. The first-order valence-corrected chi connectivity index (χ1v) is 2.97. The number of carbonyl (C=O) groups is 1. The SMILES string of the molecule is CC1=CCC(=O)[N+](C)=C1. The molecule has 0 aromatic rings. The molecule has 0 aromatic heterocycles. The van der Waals surface area contributed by atoms with E-state index in [-0.39, 0.29) is 5.91 Å². The second-order valence-corrected chi connectivity index (χ2v) is 2.29. The molecule has 48 valence electrons. The Morgan fingerprint density at radius 2 is 2.33 bits per heavy atom. The molecule has 0 radical (unpaired) electrons. The van der Waals surface area contributed by atoms with Gasteiger partial charge in [-0.1, -0.05) is 6.08 Å². The molecule has 0 atom stereocenters. The molecule has 1 aliphatic heterocycles. The van der Waals surface area contributed by atoms with Gasteiger partial charge in [-0.25, -0.2) is 4.79 Å². The van der Waals surface area contributed by atoms with E-state index in [1.165, 1.54) is 0 Å². The maximum Gasteiger partial charge on any atom is 0.390 e. The van der Waals surface area contributed by atoms with E-state index >= 15 is 0 Å². The second kappa shape index (κ2) is 2.13. The highest BCUT2D eigenvalue weighted by Crippen LogP contribution is 1.98. The highest BCUT2D eigenvalue weighted by Gasteiger charge is 2.14. The van der Waals surface area contributed by atoms with E-state index in [1.54, 1.807) is 11.6 Å². The molecule has 2 heteroatoms. The molecule has 1 amide bonds. The number of hydrogen-bond acceptors (Lipinski definition) is 1. The molecule has 1 rings (SSSR count). The largest absolute Gasteiger partial charge is 0.390 e. The molecule has 0 bridgehead atoms. The lowest BCUT2D eigenvalue weighted by Gasteiger charge is -1.97. The molecule has 9 heavy (non-hydrogen) atoms. The van der Waals surface area contributed by atoms with Crippen molar-refractivity contribution in [3.8, 4) is 0 Å². The van der Waals surface area contributed by atoms with Gasteiger partial charge in [-0.05, 0) is 6.92 Å². The van der Waals surface area contributed by atoms with E-state index in [2.05, 4.69) is 0 Å². The third-order valence-electron chi connectivity index (χ3n) is 1.39. The number of allylic oxidation sites excluding steroid dienone is 1. The van der Waals surface area contributed by atoms with Crippen LogP contribution in [0.5, 0.6) is 0 Å². The molecule has 0 N–H and O–H groups in total. The lowest BCUT2D eigenvalue weighted by molar-refractivity contribution is -0.414. The van der Waals surface area contributed by atoms with Crippen molar-refractivity contribution in [3.05, 3.63) is 11.6 Å². The number of amides is 1. The van der Waals surface area contributed by atoms with Crippen LogP contribution >= 0.6 is 0 Å². The summed E-state index contributed by atoms with van der Waals surface area (Å²) in [5.41, 5.74) is 1.16. The minimum atomic E-state index is 0.167. The predicted octanol–water partition coefficient (Wildman–Crippen LogP) is 0.576. The second-order valence-electron chi connectivity index (χ2n) is 2.29. The third-order valence-corrected chi connectivity index (χ3v) is 1.39. The van der Waals surface area contributed by atoms with Gasteiger partial charge < -0.3 is 0 Å². The standard InChI is InChI=1S/C7H10NO/c1-6-3-4-7(9)8(2)5-6/h3,5H,4H2,1-2H3/q+1. The van der Waals surface area contributed by atoms with Crippen LogP contribution in [0.4, 0.5) is 0 Å². The zero-order valence-electron chi connectivity index (χ0n) is 5.72. The molecule has 0 aromatic carbocycles. The quantitative estimate of drug-likeness (QED) is 0.432. The first kappa shape index (κ1) is 6.20. The number of nitrogens with zero attached hydrogens (tertiary/aromatic N) is 1. The summed E-state index contributed by atoms with van der Waals surface area (Å²) < 4.78 is 1.62. The Bertz CT molecular complexity index is 201. The summed E-state index contributed by atoms with van der Waals surface area (Å²) in [6.07, 6.45) is 4.33. The van der Waals surface area contributed by atoms with Crippen LogP contribution in [-0.4, -0.2) is 23.7 Å². The van der Waals surface area contributed by atoms with Gasteiger partial charge in [-0.2, -0.15) is 4.58 Å². The van der Waals surface area contributed by atoms with Crippen LogP contribution in [-0.2, 0) is 4.79 Å². The minimum Gasteiger partial charge on any atom is -0.219 e. The molecule has 1 heterocycles. The first-order valence-electron chi connectivity index (χ1n) is 2.97. The number of carbonyl (C=O) groups excluding carboxylic acids is 1. The summed E-state index contributed by atoms with van der Waals surface area (Å²) in [5, 5.41) is 0. The van der Waals surface area contributed by atoms with Gasteiger partial charge in [0.1, 0.15) is 7.05 Å². The Morgan fingerprint density at radius 1 is 1.67 bits per heavy atom. The normalized spacial score (nSPS) is 19.1. The summed E-state index contributed by atoms with van der Waals surface area (Å²) in [6, 6.07) is 0. The lowest BCUT2D eigenvalue weighted by atomic mass is 10.2. The van der Waals surface area contributed by atoms with Crippen molar-refractivity contribution in [3.63, 3.8) is 0 Å². The minimum absolute atomic E-state index is 0.167. The van der Waals surface area contributed by atoms with Crippen molar-refractivity contribution < 1.29 is 9.37 Å². The first-order chi connectivity index (χ1) is 4.20. The van der Waals surface area contributed by atoms with Gasteiger partial charge in [0.05, 0.1) is 6.42 Å². The van der Waals surface area contributed by atoms with Gasteiger partial charge in [0.15, 0.2) is 6.21 Å². The van der Waals surface area contributed by atoms with Crippen LogP contribution in [0.1, 0.15) is 13.3 Å². The Labute approximate surface area is 54.5 Å². The van der Waals surface area contributed by atoms with Crippen LogP contribution in [0, 0.1) is 0 Å². The van der Waals surface area contributed by atoms with E-state index < -0.39 is 0 Å². The van der Waals surface area contributed by atoms with E-state index in [9.17, 15) is 4.79 Å². The molecule has 0 saturated carbocycles. The average Bonchev–Trinajstić information content (AvgIpc) is 1.80. The highest BCUT2D eigenvalue weighted by atomic mass is 16.2. The van der Waals surface area contributed by atoms with E-state index in [0.29, 0.717) is 6.42 Å². The van der Waals surface area contributed by atoms with Gasteiger partial charge in [-0.15, -0.1) is 0 Å². The molecule has 0 aliphatic carbocycles. The van der Waals surface area contributed by atoms with E-state index in [0.717, 1.165) is 5.57 Å². The average molecular weight is 124 g/mol. The van der Waals surface area contributed by atoms with Crippen molar-refractivity contribution in [1.82, 2.24) is 0 Å². The molecule has 2 nitrogen and oxygen atoms in total. The van der Waals surface area contributed by atoms with Crippen molar-refractivity contribution in [2.45, 2.75) is 13.3 Å². The van der Waals surface area contributed by atoms with Gasteiger partial charge in [-0.3, -0.25) is 0 Å². The Balaban J connectivity index is 2.87. The summed E-state index contributed by atoms with van der Waals surface area (Å²) in [6.45, 7) is 1.99. The Kier molecular flexibility index (Phi) is 1.47. The monoisotopic (exact) mass is 124 g/mol. The Morgan fingerprint density at radius 3 is 2.78 bits per heavy atom. The zero-order chi connectivity index (χ0) is 6.85. The van der Waals surface area contributed by atoms with Crippen molar-refractivity contribution >= 4 is 12.1 Å². The van der Waals surface area contributed by atoms with Crippen LogP contribution < -0.4 is 0 Å². The topological polar surface area (TPSA) is 20.1 Å². The molecule has 0 spiro atoms. The molecular weight excluding hydrogens is 114 g/mol. The molecule has 0 saturated heterocycles. The molecule has 0 unspecified atom stereocenters. The molecule has 1 aliphatic rings. The lowest BCUT2D eigenvalue weighted by Crippen LogP contribution is -2.20. The van der Waals surface area contributed by atoms with Gasteiger partial charge >= 0.3 is 5.91 Å². The van der Waals surface area contributed by atoms with E-state index in [4.69, 9.17) is 0 Å².